The summed E-state index contributed by atoms with van der Waals surface area (Å²) in [7, 11) is 0. The van der Waals surface area contributed by atoms with Gasteiger partial charge in [0.1, 0.15) is 12.3 Å². The molecule has 1 aromatic heterocycles. The summed E-state index contributed by atoms with van der Waals surface area (Å²) >= 11 is 8.54. The Labute approximate surface area is 182 Å². The van der Waals surface area contributed by atoms with Crippen molar-refractivity contribution in [3.63, 3.8) is 0 Å². The fraction of sp³-hybridized carbons (Fsp3) is 0.286. The van der Waals surface area contributed by atoms with Crippen LogP contribution in [-0.2, 0) is 30.8 Å². The van der Waals surface area contributed by atoms with Crippen LogP contribution in [0.2, 0.25) is 0 Å². The highest BCUT2D eigenvalue weighted by Crippen LogP contribution is 2.25. The predicted molar refractivity (Wildman–Crippen MR) is 116 cm³/mol. The fourth-order valence-corrected chi connectivity index (χ4v) is 3.79. The number of rotatable bonds is 6. The minimum absolute atomic E-state index is 0.0305. The Balaban J connectivity index is 1.36. The maximum absolute atomic E-state index is 12.2. The quantitative estimate of drug-likeness (QED) is 0.506. The van der Waals surface area contributed by atoms with Crippen LogP contribution in [0.25, 0.3) is 0 Å². The van der Waals surface area contributed by atoms with Gasteiger partial charge in [-0.25, -0.2) is 4.68 Å². The van der Waals surface area contributed by atoms with E-state index in [0.29, 0.717) is 11.6 Å². The molecule has 29 heavy (non-hydrogen) atoms. The molecule has 1 aliphatic carbocycles. The van der Waals surface area contributed by atoms with Gasteiger partial charge in [-0.05, 0) is 85.4 Å². The molecule has 0 saturated heterocycles. The topological polar surface area (TPSA) is 69.3 Å². The van der Waals surface area contributed by atoms with Crippen molar-refractivity contribution in [2.24, 2.45) is 0 Å². The lowest BCUT2D eigenvalue weighted by atomic mass is 9.92. The van der Waals surface area contributed by atoms with E-state index in [9.17, 15) is 4.79 Å². The van der Waals surface area contributed by atoms with Crippen LogP contribution < -0.4 is 10.1 Å². The number of carbonyl (C=O) groups is 1. The molecule has 0 aliphatic heterocycles. The number of anilines is 1. The maximum Gasteiger partial charge on any atom is 0.287 e. The predicted octanol–water partition coefficient (Wildman–Crippen LogP) is 5.06. The van der Waals surface area contributed by atoms with Crippen LogP contribution in [0.1, 0.15) is 29.9 Å². The van der Waals surface area contributed by atoms with Crippen LogP contribution in [0.15, 0.2) is 51.4 Å². The monoisotopic (exact) mass is 473 g/mol. The van der Waals surface area contributed by atoms with Crippen molar-refractivity contribution in [2.75, 3.05) is 5.32 Å². The number of fused-ring (bicyclic) bond motifs is 1. The van der Waals surface area contributed by atoms with Gasteiger partial charge in [0, 0.05) is 10.2 Å². The van der Waals surface area contributed by atoms with E-state index in [4.69, 9.17) is 21.4 Å². The summed E-state index contributed by atoms with van der Waals surface area (Å²) < 4.78 is 13.6. The minimum Gasteiger partial charge on any atom is -0.484 e. The van der Waals surface area contributed by atoms with Gasteiger partial charge in [0.15, 0.2) is 6.61 Å². The molecule has 1 aliphatic rings. The Morgan fingerprint density at radius 3 is 2.72 bits per heavy atom. The van der Waals surface area contributed by atoms with E-state index in [1.54, 1.807) is 0 Å². The Kier molecular flexibility index (Phi) is 6.10. The molecule has 0 unspecified atom stereocenters. The van der Waals surface area contributed by atoms with E-state index in [0.717, 1.165) is 23.1 Å². The average molecular weight is 474 g/mol. The van der Waals surface area contributed by atoms with E-state index in [2.05, 4.69) is 38.5 Å². The first-order valence-corrected chi connectivity index (χ1v) is 10.6. The van der Waals surface area contributed by atoms with Crippen LogP contribution in [-0.4, -0.2) is 15.7 Å². The fourth-order valence-electron chi connectivity index (χ4n) is 3.32. The number of aromatic nitrogens is 2. The maximum atomic E-state index is 12.2. The van der Waals surface area contributed by atoms with E-state index in [1.165, 1.54) is 28.7 Å². The van der Waals surface area contributed by atoms with Gasteiger partial charge in [-0.2, -0.15) is 0 Å². The number of amides is 1. The van der Waals surface area contributed by atoms with Gasteiger partial charge in [-0.15, -0.1) is 5.10 Å². The molecule has 8 heteroatoms. The molecule has 0 radical (unpaired) electrons. The Morgan fingerprint density at radius 1 is 1.17 bits per heavy atom. The van der Waals surface area contributed by atoms with E-state index in [-0.39, 0.29) is 23.9 Å². The summed E-state index contributed by atoms with van der Waals surface area (Å²) in [4.78, 5) is 12.4. The standard InChI is InChI=1S/C21H20BrN3O3S/c22-16-6-8-17(9-7-16)23-19(26)12-25-21(29)28-20(24-25)13-27-18-10-5-14-3-1-2-4-15(14)11-18/h5-11H,1-4,12-13H2,(H,23,26). The van der Waals surface area contributed by atoms with Crippen molar-refractivity contribution in [3.05, 3.63) is 68.8 Å². The van der Waals surface area contributed by atoms with E-state index >= 15 is 0 Å². The zero-order valence-corrected chi connectivity index (χ0v) is 18.1. The first-order valence-electron chi connectivity index (χ1n) is 9.44. The van der Waals surface area contributed by atoms with Crippen LogP contribution in [0.5, 0.6) is 5.75 Å². The minimum atomic E-state index is -0.237. The van der Waals surface area contributed by atoms with E-state index < -0.39 is 0 Å². The third-order valence-corrected chi connectivity index (χ3v) is 5.57. The number of carbonyl (C=O) groups excluding carboxylic acids is 1. The number of hydrogen-bond donors (Lipinski definition) is 1. The number of aryl methyl sites for hydroxylation is 2. The van der Waals surface area contributed by atoms with Gasteiger partial charge < -0.3 is 14.5 Å². The second-order valence-electron chi connectivity index (χ2n) is 6.90. The lowest BCUT2D eigenvalue weighted by Crippen LogP contribution is -2.19. The Hall–Kier alpha value is -2.45. The summed E-state index contributed by atoms with van der Waals surface area (Å²) in [6.07, 6.45) is 4.70. The molecule has 0 saturated carbocycles. The lowest BCUT2D eigenvalue weighted by Gasteiger charge is -2.16. The number of halogens is 1. The largest absolute Gasteiger partial charge is 0.484 e. The molecule has 1 N–H and O–H groups in total. The van der Waals surface area contributed by atoms with Gasteiger partial charge >= 0.3 is 0 Å². The molecule has 0 bridgehead atoms. The Bertz CT molecular complexity index is 1080. The van der Waals surface area contributed by atoms with Gasteiger partial charge in [0.05, 0.1) is 0 Å². The number of nitrogens with zero attached hydrogens (tertiary/aromatic N) is 2. The van der Waals surface area contributed by atoms with Crippen LogP contribution in [0.3, 0.4) is 0 Å². The molecule has 4 rings (SSSR count). The van der Waals surface area contributed by atoms with Gasteiger partial charge in [0.2, 0.25) is 5.91 Å². The molecule has 3 aromatic rings. The summed E-state index contributed by atoms with van der Waals surface area (Å²) in [6.45, 7) is 0.126. The smallest absolute Gasteiger partial charge is 0.287 e. The van der Waals surface area contributed by atoms with Crippen LogP contribution >= 0.6 is 28.1 Å². The van der Waals surface area contributed by atoms with Crippen molar-refractivity contribution in [3.8, 4) is 5.75 Å². The summed E-state index contributed by atoms with van der Waals surface area (Å²) in [5.74, 6) is 0.886. The summed E-state index contributed by atoms with van der Waals surface area (Å²) in [6, 6.07) is 13.5. The Morgan fingerprint density at radius 2 is 1.93 bits per heavy atom. The molecular formula is C21H20BrN3O3S. The average Bonchev–Trinajstić information content (AvgIpc) is 3.07. The first-order chi connectivity index (χ1) is 14.1. The highest BCUT2D eigenvalue weighted by molar-refractivity contribution is 9.10. The first kappa shape index (κ1) is 19.8. The second kappa shape index (κ2) is 8.92. The summed E-state index contributed by atoms with van der Waals surface area (Å²) in [5.41, 5.74) is 3.45. The third-order valence-electron chi connectivity index (χ3n) is 4.75. The molecule has 0 fully saturated rings. The molecule has 2 aromatic carbocycles. The number of hydrogen-bond acceptors (Lipinski definition) is 5. The zero-order chi connectivity index (χ0) is 20.2. The van der Waals surface area contributed by atoms with Crippen molar-refractivity contribution in [2.45, 2.75) is 38.8 Å². The van der Waals surface area contributed by atoms with Gasteiger partial charge in [-0.1, -0.05) is 22.0 Å². The normalized spacial score (nSPS) is 13.0. The third kappa shape index (κ3) is 5.13. The second-order valence-corrected chi connectivity index (χ2v) is 8.17. The van der Waals surface area contributed by atoms with Crippen molar-refractivity contribution in [1.29, 1.82) is 0 Å². The van der Waals surface area contributed by atoms with Crippen LogP contribution in [0.4, 0.5) is 5.69 Å². The van der Waals surface area contributed by atoms with Gasteiger partial charge in [0.25, 0.3) is 10.7 Å². The lowest BCUT2D eigenvalue weighted by molar-refractivity contribution is -0.117. The molecule has 0 spiro atoms. The van der Waals surface area contributed by atoms with E-state index in [1.807, 2.05) is 30.3 Å². The molecule has 1 amide bonds. The van der Waals surface area contributed by atoms with Crippen LogP contribution in [0, 0.1) is 4.84 Å². The highest BCUT2D eigenvalue weighted by atomic mass is 79.9. The zero-order valence-electron chi connectivity index (χ0n) is 15.7. The SMILES string of the molecule is O=C(Cn1nc(COc2ccc3c(c2)CCCC3)oc1=S)Nc1ccc(Br)cc1. The molecular weight excluding hydrogens is 454 g/mol. The molecule has 150 valence electrons. The number of ether oxygens (including phenoxy) is 1. The molecule has 6 nitrogen and oxygen atoms in total. The molecule has 1 heterocycles. The molecule has 0 atom stereocenters. The van der Waals surface area contributed by atoms with Crippen molar-refractivity contribution < 1.29 is 13.9 Å². The summed E-state index contributed by atoms with van der Waals surface area (Å²) in [5, 5.41) is 7.06. The number of benzene rings is 2. The highest BCUT2D eigenvalue weighted by Gasteiger charge is 2.13. The number of nitrogens with one attached hydrogen (secondary N) is 1. The van der Waals surface area contributed by atoms with Gasteiger partial charge in [-0.3, -0.25) is 4.79 Å². The van der Waals surface area contributed by atoms with Crippen molar-refractivity contribution in [1.82, 2.24) is 9.78 Å². The van der Waals surface area contributed by atoms with Crippen molar-refractivity contribution >= 4 is 39.7 Å².